The Labute approximate surface area is 112 Å². The van der Waals surface area contributed by atoms with Crippen LogP contribution in [0.4, 0.5) is 0 Å². The molecule has 7 heteroatoms. The molecule has 2 atom stereocenters. The predicted octanol–water partition coefficient (Wildman–Crippen LogP) is -1.31. The maximum atomic E-state index is 11.6. The largest absolute Gasteiger partial charge is 0.392 e. The number of nitrogens with one attached hydrogen (secondary N) is 2. The third-order valence-corrected chi connectivity index (χ3v) is 2.68. The first-order valence-electron chi connectivity index (χ1n) is 6.29. The van der Waals surface area contributed by atoms with Crippen molar-refractivity contribution in [2.75, 3.05) is 13.6 Å². The van der Waals surface area contributed by atoms with Gasteiger partial charge in [-0.1, -0.05) is 0 Å². The first-order valence-corrected chi connectivity index (χ1v) is 6.29. The molecule has 19 heavy (non-hydrogen) atoms. The van der Waals surface area contributed by atoms with E-state index in [1.807, 2.05) is 0 Å². The van der Waals surface area contributed by atoms with Gasteiger partial charge in [0.15, 0.2) is 0 Å². The van der Waals surface area contributed by atoms with E-state index in [-0.39, 0.29) is 43.4 Å². The molecule has 5 N–H and O–H groups in total. The number of aliphatic hydroxyl groups excluding tert-OH is 1. The second-order valence-corrected chi connectivity index (χ2v) is 4.37. The van der Waals surface area contributed by atoms with Crippen LogP contribution in [0.2, 0.25) is 0 Å². The summed E-state index contributed by atoms with van der Waals surface area (Å²) in [5, 5.41) is 14.2. The summed E-state index contributed by atoms with van der Waals surface area (Å²) in [6, 6.07) is -0.703. The van der Waals surface area contributed by atoms with Gasteiger partial charge in [-0.2, -0.15) is 0 Å². The summed E-state index contributed by atoms with van der Waals surface area (Å²) in [6.45, 7) is 1.44. The summed E-state index contributed by atoms with van der Waals surface area (Å²) in [5.74, 6) is -0.712. The molecule has 110 valence electrons. The Bertz CT molecular complexity index is 320. The maximum absolute atomic E-state index is 11.6. The molecule has 0 fully saturated rings. The van der Waals surface area contributed by atoms with Gasteiger partial charge in [0.25, 0.3) is 0 Å². The highest BCUT2D eigenvalue weighted by atomic mass is 16.3. The lowest BCUT2D eigenvalue weighted by atomic mass is 10.0. The number of aliphatic hydroxyl groups is 1. The highest BCUT2D eigenvalue weighted by Gasteiger charge is 2.19. The van der Waals surface area contributed by atoms with Crippen molar-refractivity contribution in [2.24, 2.45) is 5.73 Å². The fourth-order valence-corrected chi connectivity index (χ4v) is 1.56. The van der Waals surface area contributed by atoms with Crippen LogP contribution >= 0.6 is 0 Å². The van der Waals surface area contributed by atoms with Crippen LogP contribution in [-0.4, -0.2) is 48.4 Å². The Morgan fingerprint density at radius 1 is 1.21 bits per heavy atom. The zero-order valence-corrected chi connectivity index (χ0v) is 11.4. The quantitative estimate of drug-likeness (QED) is 0.415. The number of rotatable bonds is 9. The lowest BCUT2D eigenvalue weighted by Gasteiger charge is -2.15. The molecule has 2 amide bonds. The van der Waals surface area contributed by atoms with E-state index in [9.17, 15) is 19.5 Å². The van der Waals surface area contributed by atoms with Crippen LogP contribution in [0.25, 0.3) is 0 Å². The van der Waals surface area contributed by atoms with Gasteiger partial charge in [-0.15, -0.1) is 0 Å². The van der Waals surface area contributed by atoms with Gasteiger partial charge < -0.3 is 21.5 Å². The van der Waals surface area contributed by atoms with Crippen LogP contribution in [0.3, 0.4) is 0 Å². The third kappa shape index (κ3) is 8.28. The van der Waals surface area contributed by atoms with Gasteiger partial charge in [0.05, 0.1) is 6.10 Å². The highest BCUT2D eigenvalue weighted by Crippen LogP contribution is 2.05. The van der Waals surface area contributed by atoms with Crippen LogP contribution in [0.5, 0.6) is 0 Å². The minimum absolute atomic E-state index is 0.0632. The molecule has 7 nitrogen and oxygen atoms in total. The molecule has 0 saturated heterocycles. The smallest absolute Gasteiger partial charge is 0.242 e. The predicted molar refractivity (Wildman–Crippen MR) is 70.2 cm³/mol. The second-order valence-electron chi connectivity index (χ2n) is 4.37. The van der Waals surface area contributed by atoms with Crippen molar-refractivity contribution in [1.29, 1.82) is 0 Å². The van der Waals surface area contributed by atoms with Gasteiger partial charge in [-0.25, -0.2) is 0 Å². The van der Waals surface area contributed by atoms with Crippen molar-refractivity contribution in [3.05, 3.63) is 0 Å². The second kappa shape index (κ2) is 9.46. The Morgan fingerprint density at radius 3 is 2.26 bits per heavy atom. The topological polar surface area (TPSA) is 122 Å². The molecule has 0 aliphatic rings. The average Bonchev–Trinajstić information content (AvgIpc) is 2.39. The molecular weight excluding hydrogens is 250 g/mol. The number of nitrogens with two attached hydrogens (primary N) is 1. The number of ketones is 1. The Balaban J connectivity index is 4.13. The van der Waals surface area contributed by atoms with E-state index in [2.05, 4.69) is 10.6 Å². The van der Waals surface area contributed by atoms with Crippen LogP contribution in [0.15, 0.2) is 0 Å². The van der Waals surface area contributed by atoms with Gasteiger partial charge in [-0.3, -0.25) is 14.4 Å². The molecule has 0 heterocycles. The zero-order valence-electron chi connectivity index (χ0n) is 11.4. The van der Waals surface area contributed by atoms with Crippen molar-refractivity contribution >= 4 is 17.6 Å². The van der Waals surface area contributed by atoms with E-state index in [0.717, 1.165) is 0 Å². The minimum Gasteiger partial charge on any atom is -0.392 e. The summed E-state index contributed by atoms with van der Waals surface area (Å²) in [4.78, 5) is 34.0. The molecule has 0 aromatic heterocycles. The molecule has 0 aliphatic carbocycles. The maximum Gasteiger partial charge on any atom is 0.242 e. The third-order valence-electron chi connectivity index (χ3n) is 2.68. The van der Waals surface area contributed by atoms with Crippen LogP contribution in [-0.2, 0) is 14.4 Å². The molecule has 0 bridgehead atoms. The summed E-state index contributed by atoms with van der Waals surface area (Å²) in [7, 11) is 1.47. The van der Waals surface area contributed by atoms with Crippen molar-refractivity contribution in [3.8, 4) is 0 Å². The SMILES string of the molecule is CNC(=O)[C@H](CCC(=O)CCC(O)CN)NC(C)=O. The van der Waals surface area contributed by atoms with E-state index in [0.29, 0.717) is 6.42 Å². The summed E-state index contributed by atoms with van der Waals surface area (Å²) in [6.07, 6.45) is 0.292. The standard InChI is InChI=1S/C12H23N3O4/c1-8(16)15-11(12(19)14-2)6-5-9(17)3-4-10(18)7-13/h10-11,18H,3-7,13H2,1-2H3,(H,14,19)(H,15,16)/t10?,11-/m0/s1. The molecule has 0 spiro atoms. The number of carbonyl (C=O) groups excluding carboxylic acids is 3. The molecule has 0 saturated carbocycles. The number of carbonyl (C=O) groups is 3. The van der Waals surface area contributed by atoms with Gasteiger partial charge in [0.2, 0.25) is 11.8 Å². The van der Waals surface area contributed by atoms with Gasteiger partial charge in [-0.05, 0) is 12.8 Å². The Kier molecular flexibility index (Phi) is 8.73. The summed E-state index contributed by atoms with van der Waals surface area (Å²) in [5.41, 5.74) is 5.23. The Hall–Kier alpha value is -1.47. The first-order chi connectivity index (χ1) is 8.90. The molecule has 0 rings (SSSR count). The number of Topliss-reactive ketones (excluding diaryl/α,β-unsaturated/α-hetero) is 1. The van der Waals surface area contributed by atoms with E-state index in [1.54, 1.807) is 0 Å². The molecule has 0 aliphatic heterocycles. The minimum atomic E-state index is -0.703. The number of likely N-dealkylation sites (N-methyl/N-ethyl adjacent to an activating group) is 1. The van der Waals surface area contributed by atoms with Crippen LogP contribution in [0, 0.1) is 0 Å². The number of amides is 2. The number of hydrogen-bond donors (Lipinski definition) is 4. The molecular formula is C12H23N3O4. The zero-order chi connectivity index (χ0) is 14.8. The van der Waals surface area contributed by atoms with Gasteiger partial charge in [0.1, 0.15) is 11.8 Å². The first kappa shape index (κ1) is 17.5. The monoisotopic (exact) mass is 273 g/mol. The van der Waals surface area contributed by atoms with Crippen molar-refractivity contribution in [2.45, 2.75) is 44.8 Å². The lowest BCUT2D eigenvalue weighted by Crippen LogP contribution is -2.45. The van der Waals surface area contributed by atoms with Crippen LogP contribution < -0.4 is 16.4 Å². The van der Waals surface area contributed by atoms with Crippen LogP contribution in [0.1, 0.15) is 32.6 Å². The van der Waals surface area contributed by atoms with Crippen molar-refractivity contribution < 1.29 is 19.5 Å². The van der Waals surface area contributed by atoms with E-state index in [1.165, 1.54) is 14.0 Å². The molecule has 0 aromatic rings. The van der Waals surface area contributed by atoms with E-state index in [4.69, 9.17) is 5.73 Å². The summed E-state index contributed by atoms with van der Waals surface area (Å²) >= 11 is 0. The molecule has 0 aromatic carbocycles. The molecule has 1 unspecified atom stereocenters. The van der Waals surface area contributed by atoms with Gasteiger partial charge >= 0.3 is 0 Å². The summed E-state index contributed by atoms with van der Waals surface area (Å²) < 4.78 is 0. The lowest BCUT2D eigenvalue weighted by molar-refractivity contribution is -0.128. The van der Waals surface area contributed by atoms with Crippen molar-refractivity contribution in [3.63, 3.8) is 0 Å². The normalized spacial score (nSPS) is 13.5. The fraction of sp³-hybridized carbons (Fsp3) is 0.750. The highest BCUT2D eigenvalue weighted by molar-refractivity contribution is 5.87. The fourth-order valence-electron chi connectivity index (χ4n) is 1.56. The van der Waals surface area contributed by atoms with Gasteiger partial charge in [0, 0.05) is 33.4 Å². The average molecular weight is 273 g/mol. The van der Waals surface area contributed by atoms with E-state index >= 15 is 0 Å². The molecule has 0 radical (unpaired) electrons. The Morgan fingerprint density at radius 2 is 1.79 bits per heavy atom. The van der Waals surface area contributed by atoms with E-state index < -0.39 is 12.1 Å². The number of hydrogen-bond acceptors (Lipinski definition) is 5. The van der Waals surface area contributed by atoms with Crippen molar-refractivity contribution in [1.82, 2.24) is 10.6 Å².